The molecule has 0 radical (unpaired) electrons. The molecule has 0 atom stereocenters. The average molecular weight is 247 g/mol. The van der Waals surface area contributed by atoms with Crippen LogP contribution in [0.3, 0.4) is 0 Å². The van der Waals surface area contributed by atoms with E-state index in [9.17, 15) is 0 Å². The highest BCUT2D eigenvalue weighted by molar-refractivity contribution is 7.09. The van der Waals surface area contributed by atoms with E-state index in [-0.39, 0.29) is 0 Å². The molecule has 0 fully saturated rings. The topological polar surface area (TPSA) is 42.2 Å². The van der Waals surface area contributed by atoms with Gasteiger partial charge in [0.25, 0.3) is 0 Å². The highest BCUT2D eigenvalue weighted by Crippen LogP contribution is 2.25. The molecule has 1 aromatic heterocycles. The summed E-state index contributed by atoms with van der Waals surface area (Å²) >= 11 is 1.68. The zero-order valence-electron chi connectivity index (χ0n) is 9.97. The molecule has 1 aromatic carbocycles. The monoisotopic (exact) mass is 247 g/mol. The average Bonchev–Trinajstić information content (AvgIpc) is 2.82. The lowest BCUT2D eigenvalue weighted by molar-refractivity contribution is 0.774. The molecule has 0 aliphatic heterocycles. The molecule has 0 bridgehead atoms. The van der Waals surface area contributed by atoms with Crippen molar-refractivity contribution < 1.29 is 0 Å². The van der Waals surface area contributed by atoms with Crippen LogP contribution in [0.1, 0.15) is 18.2 Å². The summed E-state index contributed by atoms with van der Waals surface area (Å²) in [5.74, 6) is 0. The van der Waals surface area contributed by atoms with Gasteiger partial charge in [-0.1, -0.05) is 19.1 Å². The minimum absolute atomic E-state index is 0.838. The first-order valence-electron chi connectivity index (χ1n) is 5.78. The molecule has 0 aliphatic rings. The maximum Gasteiger partial charge on any atom is 0.0794 e. The van der Waals surface area contributed by atoms with Gasteiger partial charge in [-0.15, -0.1) is 11.3 Å². The summed E-state index contributed by atoms with van der Waals surface area (Å²) in [5, 5.41) is 0. The van der Waals surface area contributed by atoms with E-state index in [4.69, 9.17) is 5.73 Å². The molecule has 0 unspecified atom stereocenters. The smallest absolute Gasteiger partial charge is 0.0794 e. The van der Waals surface area contributed by atoms with Gasteiger partial charge in [0, 0.05) is 17.6 Å². The minimum Gasteiger partial charge on any atom is -0.397 e. The molecule has 3 nitrogen and oxygen atoms in total. The molecular formula is C13H17N3S. The second-order valence-corrected chi connectivity index (χ2v) is 4.92. The first kappa shape index (κ1) is 11.9. The fourth-order valence-electron chi connectivity index (χ4n) is 1.84. The van der Waals surface area contributed by atoms with Crippen molar-refractivity contribution in [2.75, 3.05) is 17.2 Å². The van der Waals surface area contributed by atoms with Gasteiger partial charge in [-0.2, -0.15) is 0 Å². The SMILES string of the molecule is CCCN(Cc1cncs1)c1ccccc1N. The van der Waals surface area contributed by atoms with Crippen LogP contribution in [0, 0.1) is 0 Å². The number of hydrogen-bond donors (Lipinski definition) is 1. The van der Waals surface area contributed by atoms with E-state index in [1.54, 1.807) is 11.3 Å². The molecule has 2 rings (SSSR count). The predicted molar refractivity (Wildman–Crippen MR) is 74.3 cm³/mol. The molecule has 0 spiro atoms. The number of nitrogen functional groups attached to an aromatic ring is 1. The van der Waals surface area contributed by atoms with E-state index in [2.05, 4.69) is 22.9 Å². The van der Waals surface area contributed by atoms with Gasteiger partial charge in [0.1, 0.15) is 0 Å². The summed E-state index contributed by atoms with van der Waals surface area (Å²) in [6, 6.07) is 8.02. The third-order valence-electron chi connectivity index (χ3n) is 2.60. The van der Waals surface area contributed by atoms with Crippen LogP contribution in [0.4, 0.5) is 11.4 Å². The summed E-state index contributed by atoms with van der Waals surface area (Å²) in [6.45, 7) is 4.07. The van der Waals surface area contributed by atoms with Gasteiger partial charge in [0.15, 0.2) is 0 Å². The molecule has 0 saturated heterocycles. The summed E-state index contributed by atoms with van der Waals surface area (Å²) in [4.78, 5) is 7.69. The molecule has 0 saturated carbocycles. The number of aromatic nitrogens is 1. The minimum atomic E-state index is 0.838. The van der Waals surface area contributed by atoms with Gasteiger partial charge in [-0.05, 0) is 18.6 Å². The Bertz CT molecular complexity index is 453. The number of para-hydroxylation sites is 2. The third kappa shape index (κ3) is 2.97. The van der Waals surface area contributed by atoms with Crippen LogP contribution in [-0.2, 0) is 6.54 Å². The van der Waals surface area contributed by atoms with Crippen LogP contribution < -0.4 is 10.6 Å². The first-order valence-corrected chi connectivity index (χ1v) is 6.66. The summed E-state index contributed by atoms with van der Waals surface area (Å²) in [5.41, 5.74) is 9.85. The molecule has 17 heavy (non-hydrogen) atoms. The van der Waals surface area contributed by atoms with Crippen molar-refractivity contribution in [1.82, 2.24) is 4.98 Å². The largest absolute Gasteiger partial charge is 0.397 e. The van der Waals surface area contributed by atoms with Gasteiger partial charge in [0.05, 0.1) is 23.4 Å². The number of nitrogens with two attached hydrogens (primary N) is 1. The van der Waals surface area contributed by atoms with Gasteiger partial charge < -0.3 is 10.6 Å². The van der Waals surface area contributed by atoms with Crippen molar-refractivity contribution in [1.29, 1.82) is 0 Å². The Labute approximate surface area is 106 Å². The molecule has 4 heteroatoms. The Kier molecular flexibility index (Phi) is 3.98. The van der Waals surface area contributed by atoms with E-state index in [1.807, 2.05) is 29.9 Å². The Morgan fingerprint density at radius 1 is 1.35 bits per heavy atom. The molecule has 0 aliphatic carbocycles. The number of benzene rings is 1. The number of rotatable bonds is 5. The Balaban J connectivity index is 2.20. The Hall–Kier alpha value is -1.55. The fourth-order valence-corrected chi connectivity index (χ4v) is 2.45. The van der Waals surface area contributed by atoms with Crippen LogP contribution >= 0.6 is 11.3 Å². The van der Waals surface area contributed by atoms with Crippen molar-refractivity contribution in [3.63, 3.8) is 0 Å². The van der Waals surface area contributed by atoms with Gasteiger partial charge in [0.2, 0.25) is 0 Å². The second-order valence-electron chi connectivity index (χ2n) is 3.95. The lowest BCUT2D eigenvalue weighted by Gasteiger charge is -2.24. The normalized spacial score (nSPS) is 10.4. The molecule has 1 heterocycles. The molecule has 90 valence electrons. The molecule has 2 aromatic rings. The van der Waals surface area contributed by atoms with Crippen molar-refractivity contribution in [2.45, 2.75) is 19.9 Å². The third-order valence-corrected chi connectivity index (χ3v) is 3.37. The summed E-state index contributed by atoms with van der Waals surface area (Å²) in [6.07, 6.45) is 3.03. The maximum absolute atomic E-state index is 6.03. The van der Waals surface area contributed by atoms with Gasteiger partial charge in [-0.3, -0.25) is 4.98 Å². The van der Waals surface area contributed by atoms with E-state index in [1.165, 1.54) is 4.88 Å². The van der Waals surface area contributed by atoms with Crippen LogP contribution in [0.25, 0.3) is 0 Å². The summed E-state index contributed by atoms with van der Waals surface area (Å²) in [7, 11) is 0. The van der Waals surface area contributed by atoms with Gasteiger partial charge in [-0.25, -0.2) is 0 Å². The zero-order chi connectivity index (χ0) is 12.1. The molecular weight excluding hydrogens is 230 g/mol. The Morgan fingerprint density at radius 2 is 2.18 bits per heavy atom. The van der Waals surface area contributed by atoms with Crippen molar-refractivity contribution in [2.24, 2.45) is 0 Å². The van der Waals surface area contributed by atoms with Crippen molar-refractivity contribution in [3.05, 3.63) is 40.8 Å². The quantitative estimate of drug-likeness (QED) is 0.825. The predicted octanol–water partition coefficient (Wildman–Crippen LogP) is 3.14. The molecule has 2 N–H and O–H groups in total. The van der Waals surface area contributed by atoms with Crippen LogP contribution in [-0.4, -0.2) is 11.5 Å². The molecule has 0 amide bonds. The van der Waals surface area contributed by atoms with E-state index in [0.717, 1.165) is 30.9 Å². The van der Waals surface area contributed by atoms with Crippen LogP contribution in [0.15, 0.2) is 36.0 Å². The Morgan fingerprint density at radius 3 is 2.82 bits per heavy atom. The number of anilines is 2. The summed E-state index contributed by atoms with van der Waals surface area (Å²) < 4.78 is 0. The van der Waals surface area contributed by atoms with Crippen molar-refractivity contribution in [3.8, 4) is 0 Å². The van der Waals surface area contributed by atoms with Crippen LogP contribution in [0.5, 0.6) is 0 Å². The second kappa shape index (κ2) is 5.68. The van der Waals surface area contributed by atoms with Crippen LogP contribution in [0.2, 0.25) is 0 Å². The fraction of sp³-hybridized carbons (Fsp3) is 0.308. The zero-order valence-corrected chi connectivity index (χ0v) is 10.8. The first-order chi connectivity index (χ1) is 8.31. The highest BCUT2D eigenvalue weighted by Gasteiger charge is 2.09. The lowest BCUT2D eigenvalue weighted by Crippen LogP contribution is -2.23. The number of hydrogen-bond acceptors (Lipinski definition) is 4. The maximum atomic E-state index is 6.03. The number of nitrogens with zero attached hydrogens (tertiary/aromatic N) is 2. The van der Waals surface area contributed by atoms with Gasteiger partial charge >= 0.3 is 0 Å². The van der Waals surface area contributed by atoms with E-state index < -0.39 is 0 Å². The number of thiazole rings is 1. The lowest BCUT2D eigenvalue weighted by atomic mass is 10.2. The highest BCUT2D eigenvalue weighted by atomic mass is 32.1. The van der Waals surface area contributed by atoms with E-state index in [0.29, 0.717) is 0 Å². The van der Waals surface area contributed by atoms with Crippen molar-refractivity contribution >= 4 is 22.7 Å². The van der Waals surface area contributed by atoms with E-state index >= 15 is 0 Å². The standard InChI is InChI=1S/C13H17N3S/c1-2-7-16(9-11-8-15-10-17-11)13-6-4-3-5-12(13)14/h3-6,8,10H,2,7,9,14H2,1H3.